The second-order valence-corrected chi connectivity index (χ2v) is 6.95. The van der Waals surface area contributed by atoms with Crippen LogP contribution in [0.25, 0.3) is 5.69 Å². The Morgan fingerprint density at radius 1 is 1.27 bits per heavy atom. The molecule has 0 radical (unpaired) electrons. The smallest absolute Gasteiger partial charge is 0.230 e. The fourth-order valence-electron chi connectivity index (χ4n) is 2.72. The van der Waals surface area contributed by atoms with Crippen LogP contribution in [0.1, 0.15) is 32.1 Å². The maximum absolute atomic E-state index is 11.8. The summed E-state index contributed by atoms with van der Waals surface area (Å²) in [5, 5.41) is 12.3. The maximum Gasteiger partial charge on any atom is 0.230 e. The summed E-state index contributed by atoms with van der Waals surface area (Å²) >= 11 is 1.39. The largest absolute Gasteiger partial charge is 0.497 e. The standard InChI is InChI=1S/C18H27N5O2S/c1-6-15(22(3)4)17-20-21-18(26-12-16(24)19-7-2)23(17)13-8-10-14(25-5)11-9-13/h8-11,15H,6-7,12H2,1-5H3,(H,19,24)/t15-/m1/s1. The highest BCUT2D eigenvalue weighted by molar-refractivity contribution is 7.99. The highest BCUT2D eigenvalue weighted by Crippen LogP contribution is 2.29. The zero-order chi connectivity index (χ0) is 19.1. The number of methoxy groups -OCH3 is 1. The van der Waals surface area contributed by atoms with Crippen molar-refractivity contribution in [2.24, 2.45) is 0 Å². The van der Waals surface area contributed by atoms with Crippen LogP contribution in [0.5, 0.6) is 5.75 Å². The number of amides is 1. The van der Waals surface area contributed by atoms with Crippen molar-refractivity contribution in [3.05, 3.63) is 30.1 Å². The van der Waals surface area contributed by atoms with E-state index in [2.05, 4.69) is 27.3 Å². The lowest BCUT2D eigenvalue weighted by Gasteiger charge is -2.23. The number of hydrogen-bond donors (Lipinski definition) is 1. The van der Waals surface area contributed by atoms with Crippen LogP contribution in [0.4, 0.5) is 0 Å². The number of carbonyl (C=O) groups is 1. The molecule has 0 aliphatic heterocycles. The van der Waals surface area contributed by atoms with Gasteiger partial charge in [0.15, 0.2) is 11.0 Å². The van der Waals surface area contributed by atoms with Crippen molar-refractivity contribution in [1.29, 1.82) is 0 Å². The molecule has 142 valence electrons. The van der Waals surface area contributed by atoms with Crippen molar-refractivity contribution in [3.8, 4) is 11.4 Å². The monoisotopic (exact) mass is 377 g/mol. The highest BCUT2D eigenvalue weighted by atomic mass is 32.2. The van der Waals surface area contributed by atoms with Crippen LogP contribution < -0.4 is 10.1 Å². The molecule has 0 unspecified atom stereocenters. The molecule has 0 aliphatic carbocycles. The summed E-state index contributed by atoms with van der Waals surface area (Å²) in [6, 6.07) is 7.90. The van der Waals surface area contributed by atoms with E-state index in [0.29, 0.717) is 17.5 Å². The zero-order valence-electron chi connectivity index (χ0n) is 16.0. The third-order valence-electron chi connectivity index (χ3n) is 4.00. The van der Waals surface area contributed by atoms with Gasteiger partial charge in [0.25, 0.3) is 0 Å². The first-order chi connectivity index (χ1) is 12.5. The Bertz CT molecular complexity index is 715. The van der Waals surface area contributed by atoms with E-state index in [-0.39, 0.29) is 11.9 Å². The van der Waals surface area contributed by atoms with Crippen molar-refractivity contribution in [2.45, 2.75) is 31.5 Å². The molecule has 26 heavy (non-hydrogen) atoms. The number of nitrogens with one attached hydrogen (secondary N) is 1. The molecule has 0 spiro atoms. The highest BCUT2D eigenvalue weighted by Gasteiger charge is 2.23. The fourth-order valence-corrected chi connectivity index (χ4v) is 3.51. The van der Waals surface area contributed by atoms with E-state index in [1.807, 2.05) is 49.9 Å². The molecule has 8 heteroatoms. The molecule has 0 saturated heterocycles. The number of nitrogens with zero attached hydrogens (tertiary/aromatic N) is 4. The van der Waals surface area contributed by atoms with Gasteiger partial charge in [-0.25, -0.2) is 0 Å². The predicted molar refractivity (Wildman–Crippen MR) is 104 cm³/mol. The molecular weight excluding hydrogens is 350 g/mol. The molecule has 1 aromatic carbocycles. The van der Waals surface area contributed by atoms with Crippen molar-refractivity contribution in [1.82, 2.24) is 25.0 Å². The second-order valence-electron chi connectivity index (χ2n) is 6.00. The molecule has 2 rings (SSSR count). The number of thioether (sulfide) groups is 1. The Morgan fingerprint density at radius 3 is 2.50 bits per heavy atom. The van der Waals surface area contributed by atoms with Crippen molar-refractivity contribution >= 4 is 17.7 Å². The normalized spacial score (nSPS) is 12.2. The van der Waals surface area contributed by atoms with Crippen molar-refractivity contribution in [2.75, 3.05) is 33.5 Å². The first-order valence-corrected chi connectivity index (χ1v) is 9.66. The topological polar surface area (TPSA) is 72.3 Å². The SMILES string of the molecule is CCNC(=O)CSc1nnc([C@@H](CC)N(C)C)n1-c1ccc(OC)cc1. The first kappa shape index (κ1) is 20.3. The summed E-state index contributed by atoms with van der Waals surface area (Å²) in [5.74, 6) is 1.95. The van der Waals surface area contributed by atoms with Crippen LogP contribution in [0.2, 0.25) is 0 Å². The van der Waals surface area contributed by atoms with Gasteiger partial charge in [-0.05, 0) is 51.7 Å². The third kappa shape index (κ3) is 4.76. The van der Waals surface area contributed by atoms with Gasteiger partial charge in [0, 0.05) is 12.2 Å². The van der Waals surface area contributed by atoms with Crippen molar-refractivity contribution < 1.29 is 9.53 Å². The number of rotatable bonds is 9. The number of aromatic nitrogens is 3. The predicted octanol–water partition coefficient (Wildman–Crippen LogP) is 2.52. The number of hydrogen-bond acceptors (Lipinski definition) is 6. The van der Waals surface area contributed by atoms with Crippen LogP contribution in [-0.4, -0.2) is 59.1 Å². The van der Waals surface area contributed by atoms with Gasteiger partial charge in [-0.1, -0.05) is 18.7 Å². The number of benzene rings is 1. The minimum Gasteiger partial charge on any atom is -0.497 e. The molecule has 0 aliphatic rings. The van der Waals surface area contributed by atoms with Gasteiger partial charge in [-0.15, -0.1) is 10.2 Å². The molecule has 1 amide bonds. The molecule has 1 aromatic heterocycles. The Balaban J connectivity index is 2.41. The van der Waals surface area contributed by atoms with Crippen LogP contribution in [0.3, 0.4) is 0 Å². The van der Waals surface area contributed by atoms with E-state index in [0.717, 1.165) is 23.7 Å². The van der Waals surface area contributed by atoms with Gasteiger partial charge in [-0.3, -0.25) is 14.3 Å². The quantitative estimate of drug-likeness (QED) is 0.677. The van der Waals surface area contributed by atoms with E-state index in [4.69, 9.17) is 4.74 Å². The van der Waals surface area contributed by atoms with Crippen LogP contribution in [0, 0.1) is 0 Å². The third-order valence-corrected chi connectivity index (χ3v) is 4.93. The first-order valence-electron chi connectivity index (χ1n) is 8.67. The maximum atomic E-state index is 11.8. The molecule has 0 saturated carbocycles. The summed E-state index contributed by atoms with van der Waals surface area (Å²) in [4.78, 5) is 14.0. The van der Waals surface area contributed by atoms with Gasteiger partial charge < -0.3 is 10.1 Å². The second kappa shape index (κ2) is 9.59. The average molecular weight is 378 g/mol. The number of ether oxygens (including phenoxy) is 1. The summed E-state index contributed by atoms with van der Waals surface area (Å²) in [7, 11) is 5.71. The molecule has 2 aromatic rings. The van der Waals surface area contributed by atoms with Crippen molar-refractivity contribution in [3.63, 3.8) is 0 Å². The summed E-state index contributed by atoms with van der Waals surface area (Å²) in [5.41, 5.74) is 0.949. The van der Waals surface area contributed by atoms with Crippen LogP contribution >= 0.6 is 11.8 Å². The van der Waals surface area contributed by atoms with E-state index >= 15 is 0 Å². The lowest BCUT2D eigenvalue weighted by molar-refractivity contribution is -0.118. The minimum atomic E-state index is -0.0111. The molecule has 1 heterocycles. The van der Waals surface area contributed by atoms with Gasteiger partial charge in [0.1, 0.15) is 5.75 Å². The molecular formula is C18H27N5O2S. The molecule has 7 nitrogen and oxygen atoms in total. The average Bonchev–Trinajstić information content (AvgIpc) is 3.04. The van der Waals surface area contributed by atoms with E-state index in [1.54, 1.807) is 7.11 Å². The Hall–Kier alpha value is -2.06. The molecule has 0 bridgehead atoms. The molecule has 0 fully saturated rings. The Labute approximate surface area is 159 Å². The number of carbonyl (C=O) groups excluding carboxylic acids is 1. The fraction of sp³-hybridized carbons (Fsp3) is 0.500. The Morgan fingerprint density at radius 2 is 1.96 bits per heavy atom. The van der Waals surface area contributed by atoms with Crippen LogP contribution in [0.15, 0.2) is 29.4 Å². The zero-order valence-corrected chi connectivity index (χ0v) is 16.8. The van der Waals surface area contributed by atoms with E-state index in [9.17, 15) is 4.79 Å². The van der Waals surface area contributed by atoms with E-state index < -0.39 is 0 Å². The van der Waals surface area contributed by atoms with E-state index in [1.165, 1.54) is 11.8 Å². The molecule has 1 atom stereocenters. The Kier molecular flexibility index (Phi) is 7.47. The lowest BCUT2D eigenvalue weighted by atomic mass is 10.2. The summed E-state index contributed by atoms with van der Waals surface area (Å²) < 4.78 is 7.28. The minimum absolute atomic E-state index is 0.0111. The van der Waals surface area contributed by atoms with Gasteiger partial charge in [0.05, 0.1) is 18.9 Å². The van der Waals surface area contributed by atoms with Gasteiger partial charge in [-0.2, -0.15) is 0 Å². The molecule has 1 N–H and O–H groups in total. The summed E-state index contributed by atoms with van der Waals surface area (Å²) in [6.07, 6.45) is 0.905. The lowest BCUT2D eigenvalue weighted by Crippen LogP contribution is -2.25. The van der Waals surface area contributed by atoms with Gasteiger partial charge >= 0.3 is 0 Å². The summed E-state index contributed by atoms with van der Waals surface area (Å²) in [6.45, 7) is 4.65. The van der Waals surface area contributed by atoms with Gasteiger partial charge in [0.2, 0.25) is 5.91 Å². The van der Waals surface area contributed by atoms with Crippen LogP contribution in [-0.2, 0) is 4.79 Å².